The van der Waals surface area contributed by atoms with E-state index in [1.54, 1.807) is 24.4 Å². The van der Waals surface area contributed by atoms with Crippen LogP contribution in [-0.2, 0) is 11.2 Å². The molecule has 1 aromatic heterocycles. The fourth-order valence-electron chi connectivity index (χ4n) is 2.78. The van der Waals surface area contributed by atoms with Crippen LogP contribution in [-0.4, -0.2) is 28.9 Å². The Morgan fingerprint density at radius 2 is 1.91 bits per heavy atom. The molecule has 0 N–H and O–H groups in total. The highest BCUT2D eigenvalue weighted by Crippen LogP contribution is 2.20. The Bertz CT molecular complexity index is 648. The highest BCUT2D eigenvalue weighted by Gasteiger charge is 2.17. The molecule has 1 saturated heterocycles. The Kier molecular flexibility index (Phi) is 4.47. The molecule has 0 radical (unpaired) electrons. The van der Waals surface area contributed by atoms with Gasteiger partial charge in [0.25, 0.3) is 0 Å². The van der Waals surface area contributed by atoms with Gasteiger partial charge in [-0.05, 0) is 43.0 Å². The fourth-order valence-corrected chi connectivity index (χ4v) is 2.78. The number of nitrogens with zero attached hydrogens (tertiary/aromatic N) is 2. The van der Waals surface area contributed by atoms with Crippen LogP contribution in [0, 0.1) is 5.82 Å². The van der Waals surface area contributed by atoms with Crippen LogP contribution in [0.4, 0.5) is 4.39 Å². The Labute approximate surface area is 129 Å². The first-order valence-electron chi connectivity index (χ1n) is 7.71. The third-order valence-electron chi connectivity index (χ3n) is 4.06. The minimum Gasteiger partial charge on any atom is -0.343 e. The Morgan fingerprint density at radius 3 is 2.59 bits per heavy atom. The summed E-state index contributed by atoms with van der Waals surface area (Å²) in [5.74, 6) is -0.0531. The molecule has 0 aliphatic carbocycles. The number of aryl methyl sites for hydroxylation is 1. The number of halogens is 1. The van der Waals surface area contributed by atoms with Gasteiger partial charge in [0.05, 0.1) is 5.69 Å². The van der Waals surface area contributed by atoms with Gasteiger partial charge >= 0.3 is 0 Å². The van der Waals surface area contributed by atoms with Crippen LogP contribution < -0.4 is 0 Å². The molecule has 4 heteroatoms. The molecule has 2 heterocycles. The second kappa shape index (κ2) is 6.69. The van der Waals surface area contributed by atoms with Crippen LogP contribution in [0.2, 0.25) is 0 Å². The van der Waals surface area contributed by atoms with E-state index in [4.69, 9.17) is 0 Å². The van der Waals surface area contributed by atoms with Gasteiger partial charge in [-0.2, -0.15) is 0 Å². The van der Waals surface area contributed by atoms with Crippen LogP contribution >= 0.6 is 0 Å². The first-order valence-corrected chi connectivity index (χ1v) is 7.71. The van der Waals surface area contributed by atoms with Gasteiger partial charge in [-0.1, -0.05) is 18.2 Å². The summed E-state index contributed by atoms with van der Waals surface area (Å²) in [5.41, 5.74) is 2.13. The average Bonchev–Trinajstić information content (AvgIpc) is 3.08. The summed E-state index contributed by atoms with van der Waals surface area (Å²) in [6, 6.07) is 10.3. The molecule has 3 nitrogen and oxygen atoms in total. The first-order chi connectivity index (χ1) is 10.7. The van der Waals surface area contributed by atoms with E-state index in [9.17, 15) is 9.18 Å². The van der Waals surface area contributed by atoms with Crippen molar-refractivity contribution >= 4 is 5.91 Å². The molecule has 0 atom stereocenters. The van der Waals surface area contributed by atoms with E-state index in [1.165, 1.54) is 6.07 Å². The molecule has 1 aliphatic heterocycles. The molecule has 0 spiro atoms. The van der Waals surface area contributed by atoms with Crippen molar-refractivity contribution in [2.24, 2.45) is 0 Å². The second-order valence-corrected chi connectivity index (χ2v) is 5.62. The van der Waals surface area contributed by atoms with Gasteiger partial charge in [0.2, 0.25) is 5.91 Å². The van der Waals surface area contributed by atoms with Gasteiger partial charge in [-0.15, -0.1) is 0 Å². The quantitative estimate of drug-likeness (QED) is 0.866. The maximum absolute atomic E-state index is 13.7. The van der Waals surface area contributed by atoms with E-state index in [0.29, 0.717) is 24.1 Å². The van der Waals surface area contributed by atoms with Crippen molar-refractivity contribution in [3.8, 4) is 11.3 Å². The minimum atomic E-state index is -0.271. The van der Waals surface area contributed by atoms with Crippen molar-refractivity contribution in [2.75, 3.05) is 13.1 Å². The van der Waals surface area contributed by atoms with Gasteiger partial charge in [0.15, 0.2) is 0 Å². The number of rotatable bonds is 4. The molecule has 1 fully saturated rings. The second-order valence-electron chi connectivity index (χ2n) is 5.62. The average molecular weight is 298 g/mol. The van der Waals surface area contributed by atoms with Crippen LogP contribution in [0.25, 0.3) is 11.3 Å². The summed E-state index contributed by atoms with van der Waals surface area (Å²) in [6.45, 7) is 1.78. The van der Waals surface area contributed by atoms with E-state index in [0.717, 1.165) is 31.5 Å². The number of likely N-dealkylation sites (tertiary alicyclic amines) is 1. The predicted octanol–water partition coefficient (Wildman–Crippen LogP) is 3.44. The van der Waals surface area contributed by atoms with E-state index < -0.39 is 0 Å². The number of amides is 1. The lowest BCUT2D eigenvalue weighted by atomic mass is 10.1. The molecule has 1 aliphatic rings. The zero-order valence-corrected chi connectivity index (χ0v) is 12.5. The van der Waals surface area contributed by atoms with Crippen LogP contribution in [0.1, 0.15) is 24.8 Å². The third kappa shape index (κ3) is 3.32. The molecule has 1 aromatic carbocycles. The summed E-state index contributed by atoms with van der Waals surface area (Å²) in [7, 11) is 0. The van der Waals surface area contributed by atoms with Gasteiger partial charge < -0.3 is 4.90 Å². The molecule has 22 heavy (non-hydrogen) atoms. The monoisotopic (exact) mass is 298 g/mol. The normalized spacial score (nSPS) is 14.3. The molecular formula is C18H19FN2O. The molecule has 0 saturated carbocycles. The Balaban J connectivity index is 1.62. The Hall–Kier alpha value is -2.23. The topological polar surface area (TPSA) is 33.2 Å². The van der Waals surface area contributed by atoms with Gasteiger partial charge in [0, 0.05) is 31.3 Å². The van der Waals surface area contributed by atoms with Gasteiger partial charge in [-0.25, -0.2) is 4.39 Å². The molecular weight excluding hydrogens is 279 g/mol. The summed E-state index contributed by atoms with van der Waals surface area (Å²) < 4.78 is 13.7. The molecule has 114 valence electrons. The SMILES string of the molecule is O=C(CCc1ccc(-c2ccccc2F)nc1)N1CCCC1. The largest absolute Gasteiger partial charge is 0.343 e. The molecule has 1 amide bonds. The number of hydrogen-bond donors (Lipinski definition) is 0. The summed E-state index contributed by atoms with van der Waals surface area (Å²) >= 11 is 0. The lowest BCUT2D eigenvalue weighted by Gasteiger charge is -2.14. The number of hydrogen-bond acceptors (Lipinski definition) is 2. The van der Waals surface area contributed by atoms with Crippen molar-refractivity contribution in [1.82, 2.24) is 9.88 Å². The summed E-state index contributed by atoms with van der Waals surface area (Å²) in [6.07, 6.45) is 5.16. The number of pyridine rings is 1. The molecule has 0 bridgehead atoms. The van der Waals surface area contributed by atoms with Crippen LogP contribution in [0.3, 0.4) is 0 Å². The summed E-state index contributed by atoms with van der Waals surface area (Å²) in [5, 5.41) is 0. The number of benzene rings is 1. The molecule has 2 aromatic rings. The van der Waals surface area contributed by atoms with Crippen LogP contribution in [0.15, 0.2) is 42.6 Å². The predicted molar refractivity (Wildman–Crippen MR) is 83.8 cm³/mol. The lowest BCUT2D eigenvalue weighted by Crippen LogP contribution is -2.27. The lowest BCUT2D eigenvalue weighted by molar-refractivity contribution is -0.130. The maximum Gasteiger partial charge on any atom is 0.222 e. The van der Waals surface area contributed by atoms with Crippen molar-refractivity contribution in [1.29, 1.82) is 0 Å². The number of carbonyl (C=O) groups excluding carboxylic acids is 1. The van der Waals surface area contributed by atoms with Gasteiger partial charge in [-0.3, -0.25) is 9.78 Å². The Morgan fingerprint density at radius 1 is 1.14 bits per heavy atom. The van der Waals surface area contributed by atoms with Gasteiger partial charge in [0.1, 0.15) is 5.82 Å². The van der Waals surface area contributed by atoms with E-state index in [2.05, 4.69) is 4.98 Å². The van der Waals surface area contributed by atoms with Crippen LogP contribution in [0.5, 0.6) is 0 Å². The van der Waals surface area contributed by atoms with Crippen molar-refractivity contribution in [2.45, 2.75) is 25.7 Å². The fraction of sp³-hybridized carbons (Fsp3) is 0.333. The van der Waals surface area contributed by atoms with Crippen molar-refractivity contribution < 1.29 is 9.18 Å². The van der Waals surface area contributed by atoms with Crippen molar-refractivity contribution in [3.05, 3.63) is 54.0 Å². The molecule has 3 rings (SSSR count). The van der Waals surface area contributed by atoms with Crippen molar-refractivity contribution in [3.63, 3.8) is 0 Å². The van der Waals surface area contributed by atoms with E-state index in [-0.39, 0.29) is 11.7 Å². The van der Waals surface area contributed by atoms with E-state index in [1.807, 2.05) is 17.0 Å². The maximum atomic E-state index is 13.7. The number of aromatic nitrogens is 1. The zero-order valence-electron chi connectivity index (χ0n) is 12.5. The standard InChI is InChI=1S/C18H19FN2O/c19-16-6-2-1-5-15(16)17-9-7-14(13-20-17)8-10-18(22)21-11-3-4-12-21/h1-2,5-7,9,13H,3-4,8,10-12H2. The highest BCUT2D eigenvalue weighted by atomic mass is 19.1. The highest BCUT2D eigenvalue weighted by molar-refractivity contribution is 5.76. The van der Waals surface area contributed by atoms with E-state index >= 15 is 0 Å². The first kappa shape index (κ1) is 14.7. The minimum absolute atomic E-state index is 0.218. The number of carbonyl (C=O) groups is 1. The third-order valence-corrected chi connectivity index (χ3v) is 4.06. The summed E-state index contributed by atoms with van der Waals surface area (Å²) in [4.78, 5) is 18.3. The molecule has 0 unspecified atom stereocenters. The smallest absolute Gasteiger partial charge is 0.222 e. The zero-order chi connectivity index (χ0) is 15.4.